The maximum absolute atomic E-state index is 13.2. The van der Waals surface area contributed by atoms with Crippen molar-refractivity contribution >= 4 is 22.5 Å². The van der Waals surface area contributed by atoms with Gasteiger partial charge in [-0.15, -0.1) is 0 Å². The number of nitrogens with zero attached hydrogens (tertiary/aromatic N) is 1. The molecule has 0 saturated heterocycles. The molecule has 0 fully saturated rings. The van der Waals surface area contributed by atoms with Gasteiger partial charge in [0.15, 0.2) is 0 Å². The lowest BCUT2D eigenvalue weighted by molar-refractivity contribution is 0.102. The molecular weight excluding hydrogens is 271 g/mol. The molecule has 0 spiro atoms. The fourth-order valence-corrected chi connectivity index (χ4v) is 2.04. The fraction of sp³-hybridized carbons (Fsp3) is 0. The van der Waals surface area contributed by atoms with Crippen LogP contribution in [0.3, 0.4) is 0 Å². The average Bonchev–Trinajstić information content (AvgIpc) is 2.49. The first kappa shape index (κ1) is 13.1. The number of pyridine rings is 1. The number of aromatic nitrogens is 1. The van der Waals surface area contributed by atoms with Crippen molar-refractivity contribution in [3.8, 4) is 5.75 Å². The summed E-state index contributed by atoms with van der Waals surface area (Å²) >= 11 is 0. The molecule has 2 aromatic carbocycles. The van der Waals surface area contributed by atoms with E-state index in [0.717, 1.165) is 29.1 Å². The molecule has 1 heterocycles. The second kappa shape index (κ2) is 5.20. The van der Waals surface area contributed by atoms with Crippen molar-refractivity contribution in [1.29, 1.82) is 0 Å². The van der Waals surface area contributed by atoms with Crippen LogP contribution in [0.15, 0.2) is 54.7 Å². The van der Waals surface area contributed by atoms with Crippen LogP contribution in [0, 0.1) is 5.82 Å². The molecule has 0 aliphatic carbocycles. The van der Waals surface area contributed by atoms with Gasteiger partial charge in [0.05, 0.1) is 11.1 Å². The van der Waals surface area contributed by atoms with Crippen molar-refractivity contribution in [3.05, 3.63) is 66.1 Å². The molecule has 21 heavy (non-hydrogen) atoms. The molecule has 104 valence electrons. The molecule has 0 aliphatic rings. The first-order valence-corrected chi connectivity index (χ1v) is 6.28. The van der Waals surface area contributed by atoms with Gasteiger partial charge >= 0.3 is 0 Å². The van der Waals surface area contributed by atoms with Gasteiger partial charge in [0.2, 0.25) is 0 Å². The number of phenols is 1. The third kappa shape index (κ3) is 2.67. The number of rotatable bonds is 2. The Morgan fingerprint density at radius 1 is 1.14 bits per heavy atom. The van der Waals surface area contributed by atoms with E-state index in [1.165, 1.54) is 0 Å². The molecule has 3 aromatic rings. The Hall–Kier alpha value is -2.95. The number of phenolic OH excluding ortho intramolecular Hbond substituents is 1. The number of aromatic hydroxyl groups is 1. The van der Waals surface area contributed by atoms with Gasteiger partial charge in [0.25, 0.3) is 5.91 Å². The van der Waals surface area contributed by atoms with Crippen molar-refractivity contribution in [1.82, 2.24) is 4.98 Å². The lowest BCUT2D eigenvalue weighted by atomic mass is 10.1. The van der Waals surface area contributed by atoms with Crippen molar-refractivity contribution in [2.45, 2.75) is 0 Å². The zero-order chi connectivity index (χ0) is 14.8. The molecule has 0 unspecified atom stereocenters. The minimum atomic E-state index is -0.583. The SMILES string of the molecule is O=C(Nc1ccc2ncccc2c1)c1cc(F)ccc1O. The van der Waals surface area contributed by atoms with E-state index < -0.39 is 11.7 Å². The highest BCUT2D eigenvalue weighted by atomic mass is 19.1. The zero-order valence-corrected chi connectivity index (χ0v) is 10.9. The average molecular weight is 282 g/mol. The Kier molecular flexibility index (Phi) is 3.23. The van der Waals surface area contributed by atoms with Crippen LogP contribution in [0.1, 0.15) is 10.4 Å². The number of benzene rings is 2. The number of fused-ring (bicyclic) bond motifs is 1. The Labute approximate surface area is 119 Å². The quantitative estimate of drug-likeness (QED) is 0.757. The summed E-state index contributed by atoms with van der Waals surface area (Å²) in [5.41, 5.74) is 1.24. The van der Waals surface area contributed by atoms with Gasteiger partial charge in [-0.25, -0.2) is 4.39 Å². The molecule has 0 radical (unpaired) electrons. The molecule has 0 aliphatic heterocycles. The Bertz CT molecular complexity index is 833. The van der Waals surface area contributed by atoms with E-state index in [1.54, 1.807) is 30.5 Å². The maximum atomic E-state index is 13.2. The molecule has 1 aromatic heterocycles. The fourth-order valence-electron chi connectivity index (χ4n) is 2.04. The van der Waals surface area contributed by atoms with Crippen LogP contribution in [0.25, 0.3) is 10.9 Å². The third-order valence-corrected chi connectivity index (χ3v) is 3.06. The van der Waals surface area contributed by atoms with Gasteiger partial charge < -0.3 is 10.4 Å². The summed E-state index contributed by atoms with van der Waals surface area (Å²) in [4.78, 5) is 16.3. The highest BCUT2D eigenvalue weighted by Crippen LogP contribution is 2.21. The van der Waals surface area contributed by atoms with E-state index in [1.807, 2.05) is 6.07 Å². The largest absolute Gasteiger partial charge is 0.507 e. The van der Waals surface area contributed by atoms with Crippen LogP contribution in [-0.4, -0.2) is 16.0 Å². The number of carbonyl (C=O) groups is 1. The van der Waals surface area contributed by atoms with Crippen molar-refractivity contribution in [2.24, 2.45) is 0 Å². The van der Waals surface area contributed by atoms with Crippen LogP contribution in [0.4, 0.5) is 10.1 Å². The minimum absolute atomic E-state index is 0.110. The predicted molar refractivity (Wildman–Crippen MR) is 77.8 cm³/mol. The van der Waals surface area contributed by atoms with Crippen molar-refractivity contribution < 1.29 is 14.3 Å². The van der Waals surface area contributed by atoms with E-state index in [4.69, 9.17) is 0 Å². The van der Waals surface area contributed by atoms with Gasteiger partial charge in [-0.2, -0.15) is 0 Å². The Balaban J connectivity index is 1.90. The second-order valence-corrected chi connectivity index (χ2v) is 4.53. The first-order chi connectivity index (χ1) is 10.1. The summed E-state index contributed by atoms with van der Waals surface area (Å²) < 4.78 is 13.2. The monoisotopic (exact) mass is 282 g/mol. The molecule has 0 atom stereocenters. The van der Waals surface area contributed by atoms with Crippen LogP contribution in [-0.2, 0) is 0 Å². The molecule has 3 rings (SSSR count). The molecule has 1 amide bonds. The number of anilines is 1. The topological polar surface area (TPSA) is 62.2 Å². The van der Waals surface area contributed by atoms with E-state index in [2.05, 4.69) is 10.3 Å². The zero-order valence-electron chi connectivity index (χ0n) is 10.9. The van der Waals surface area contributed by atoms with E-state index in [0.29, 0.717) is 5.69 Å². The smallest absolute Gasteiger partial charge is 0.259 e. The van der Waals surface area contributed by atoms with E-state index >= 15 is 0 Å². The molecular formula is C16H11FN2O2. The standard InChI is InChI=1S/C16H11FN2O2/c17-11-3-6-15(20)13(9-11)16(21)19-12-4-5-14-10(8-12)2-1-7-18-14/h1-9,20H,(H,19,21). The second-order valence-electron chi connectivity index (χ2n) is 4.53. The maximum Gasteiger partial charge on any atom is 0.259 e. The lowest BCUT2D eigenvalue weighted by Gasteiger charge is -2.08. The highest BCUT2D eigenvalue weighted by molar-refractivity contribution is 6.06. The molecule has 0 bridgehead atoms. The van der Waals surface area contributed by atoms with E-state index in [9.17, 15) is 14.3 Å². The van der Waals surface area contributed by atoms with Crippen molar-refractivity contribution in [2.75, 3.05) is 5.32 Å². The van der Waals surface area contributed by atoms with E-state index in [-0.39, 0.29) is 11.3 Å². The summed E-state index contributed by atoms with van der Waals surface area (Å²) in [5.74, 6) is -1.42. The number of amides is 1. The number of hydrogen-bond acceptors (Lipinski definition) is 3. The van der Waals surface area contributed by atoms with Gasteiger partial charge in [-0.3, -0.25) is 9.78 Å². The highest BCUT2D eigenvalue weighted by Gasteiger charge is 2.12. The Morgan fingerprint density at radius 3 is 2.86 bits per heavy atom. The number of halogens is 1. The number of carbonyl (C=O) groups excluding carboxylic acids is 1. The molecule has 0 saturated carbocycles. The molecule has 4 nitrogen and oxygen atoms in total. The molecule has 2 N–H and O–H groups in total. The normalized spacial score (nSPS) is 10.5. The third-order valence-electron chi connectivity index (χ3n) is 3.06. The summed E-state index contributed by atoms with van der Waals surface area (Å²) in [5, 5.41) is 13.1. The summed E-state index contributed by atoms with van der Waals surface area (Å²) in [7, 11) is 0. The minimum Gasteiger partial charge on any atom is -0.507 e. The Morgan fingerprint density at radius 2 is 2.00 bits per heavy atom. The van der Waals surface area contributed by atoms with Crippen molar-refractivity contribution in [3.63, 3.8) is 0 Å². The van der Waals surface area contributed by atoms with Crippen LogP contribution < -0.4 is 5.32 Å². The lowest BCUT2D eigenvalue weighted by Crippen LogP contribution is -2.12. The summed E-state index contributed by atoms with van der Waals surface area (Å²) in [6.45, 7) is 0. The predicted octanol–water partition coefficient (Wildman–Crippen LogP) is 3.33. The van der Waals surface area contributed by atoms with Crippen LogP contribution in [0.5, 0.6) is 5.75 Å². The number of hydrogen-bond donors (Lipinski definition) is 2. The van der Waals surface area contributed by atoms with Gasteiger partial charge in [-0.1, -0.05) is 6.07 Å². The number of nitrogens with one attached hydrogen (secondary N) is 1. The van der Waals surface area contributed by atoms with Crippen LogP contribution in [0.2, 0.25) is 0 Å². The van der Waals surface area contributed by atoms with Gasteiger partial charge in [0, 0.05) is 17.3 Å². The van der Waals surface area contributed by atoms with Gasteiger partial charge in [0.1, 0.15) is 11.6 Å². The van der Waals surface area contributed by atoms with Crippen LogP contribution >= 0.6 is 0 Å². The molecule has 5 heteroatoms. The van der Waals surface area contributed by atoms with Gasteiger partial charge in [-0.05, 0) is 42.5 Å². The first-order valence-electron chi connectivity index (χ1n) is 6.28. The summed E-state index contributed by atoms with van der Waals surface area (Å²) in [6, 6.07) is 12.1. The summed E-state index contributed by atoms with van der Waals surface area (Å²) in [6.07, 6.45) is 1.69.